The van der Waals surface area contributed by atoms with Gasteiger partial charge in [0.05, 0.1) is 5.60 Å². The summed E-state index contributed by atoms with van der Waals surface area (Å²) in [6.45, 7) is 20.4. The Balaban J connectivity index is 4.42. The van der Waals surface area contributed by atoms with Crippen molar-refractivity contribution in [3.05, 3.63) is 0 Å². The van der Waals surface area contributed by atoms with Crippen molar-refractivity contribution in [2.75, 3.05) is 6.61 Å². The Kier molecular flexibility index (Phi) is 8.38. The average Bonchev–Trinajstić information content (AvgIpc) is 2.32. The molecule has 0 rings (SSSR count). The van der Waals surface area contributed by atoms with Crippen molar-refractivity contribution < 1.29 is 9.84 Å². The van der Waals surface area contributed by atoms with Crippen LogP contribution in [0, 0.1) is 16.7 Å². The lowest BCUT2D eigenvalue weighted by atomic mass is 9.70. The fraction of sp³-hybridized carbons (Fsp3) is 1.00. The van der Waals surface area contributed by atoms with Gasteiger partial charge < -0.3 is 9.84 Å². The minimum Gasteiger partial charge on any atom is -0.400 e. The van der Waals surface area contributed by atoms with Crippen LogP contribution in [0.2, 0.25) is 0 Å². The maximum Gasteiger partial charge on any atom is 0.113 e. The highest BCUT2D eigenvalue weighted by molar-refractivity contribution is 6.13. The number of aliphatic hydroxyl groups is 1. The molecular formula is C20H41BO2. The molecule has 136 valence electrons. The molecule has 0 bridgehead atoms. The minimum absolute atomic E-state index is 0.193. The molecule has 23 heavy (non-hydrogen) atoms. The van der Waals surface area contributed by atoms with E-state index in [-0.39, 0.29) is 5.60 Å². The van der Waals surface area contributed by atoms with Gasteiger partial charge in [0, 0.05) is 12.1 Å². The third kappa shape index (κ3) is 10.5. The molecule has 2 unspecified atom stereocenters. The first-order valence-corrected chi connectivity index (χ1v) is 9.25. The average molecular weight is 324 g/mol. The van der Waals surface area contributed by atoms with Crippen LogP contribution < -0.4 is 0 Å². The zero-order chi connectivity index (χ0) is 18.5. The van der Waals surface area contributed by atoms with Crippen LogP contribution in [0.5, 0.6) is 0 Å². The molecule has 0 saturated heterocycles. The third-order valence-corrected chi connectivity index (χ3v) is 5.44. The zero-order valence-corrected chi connectivity index (χ0v) is 17.3. The summed E-state index contributed by atoms with van der Waals surface area (Å²) in [5.41, 5.74) is -0.578. The van der Waals surface area contributed by atoms with Gasteiger partial charge in [-0.3, -0.25) is 0 Å². The summed E-state index contributed by atoms with van der Waals surface area (Å²) >= 11 is 0. The molecule has 0 aromatic carbocycles. The largest absolute Gasteiger partial charge is 0.400 e. The van der Waals surface area contributed by atoms with E-state index in [1.165, 1.54) is 19.3 Å². The van der Waals surface area contributed by atoms with Crippen LogP contribution >= 0.6 is 0 Å². The van der Waals surface area contributed by atoms with Gasteiger partial charge in [0.15, 0.2) is 0 Å². The van der Waals surface area contributed by atoms with E-state index in [4.69, 9.17) is 12.6 Å². The second kappa shape index (κ2) is 8.38. The summed E-state index contributed by atoms with van der Waals surface area (Å²) in [6.07, 6.45) is 5.29. The van der Waals surface area contributed by atoms with Gasteiger partial charge in [-0.2, -0.15) is 0 Å². The van der Waals surface area contributed by atoms with E-state index in [2.05, 4.69) is 55.4 Å². The summed E-state index contributed by atoms with van der Waals surface area (Å²) in [5.74, 6) is 0.467. The van der Waals surface area contributed by atoms with Crippen molar-refractivity contribution in [2.45, 2.75) is 106 Å². The van der Waals surface area contributed by atoms with Gasteiger partial charge in [-0.25, -0.2) is 0 Å². The molecule has 0 aromatic heterocycles. The van der Waals surface area contributed by atoms with Gasteiger partial charge in [0.25, 0.3) is 0 Å². The van der Waals surface area contributed by atoms with Crippen LogP contribution in [0.3, 0.4) is 0 Å². The Morgan fingerprint density at radius 3 is 1.91 bits per heavy atom. The summed E-state index contributed by atoms with van der Waals surface area (Å²) in [4.78, 5) is 0. The highest BCUT2D eigenvalue weighted by atomic mass is 16.5. The van der Waals surface area contributed by atoms with E-state index in [0.717, 1.165) is 6.42 Å². The van der Waals surface area contributed by atoms with E-state index >= 15 is 0 Å². The maximum atomic E-state index is 9.59. The van der Waals surface area contributed by atoms with Crippen molar-refractivity contribution in [1.29, 1.82) is 0 Å². The van der Waals surface area contributed by atoms with Gasteiger partial charge in [0.2, 0.25) is 0 Å². The quantitative estimate of drug-likeness (QED) is 0.521. The van der Waals surface area contributed by atoms with E-state index < -0.39 is 5.50 Å². The molecule has 0 aliphatic heterocycles. The predicted molar refractivity (Wildman–Crippen MR) is 102 cm³/mol. The molecule has 0 aliphatic rings. The fourth-order valence-corrected chi connectivity index (χ4v) is 3.13. The second-order valence-corrected chi connectivity index (χ2v) is 9.86. The summed E-state index contributed by atoms with van der Waals surface area (Å²) in [7, 11) is 5.60. The van der Waals surface area contributed by atoms with Crippen LogP contribution in [0.25, 0.3) is 0 Å². The first-order valence-electron chi connectivity index (χ1n) is 9.25. The Morgan fingerprint density at radius 2 is 1.48 bits per heavy atom. The van der Waals surface area contributed by atoms with Crippen LogP contribution in [0.4, 0.5) is 0 Å². The predicted octanol–water partition coefficient (Wildman–Crippen LogP) is 5.32. The number of ether oxygens (including phenoxy) is 1. The lowest BCUT2D eigenvalue weighted by Crippen LogP contribution is -2.36. The molecule has 0 heterocycles. The van der Waals surface area contributed by atoms with Crippen molar-refractivity contribution >= 4 is 7.85 Å². The molecule has 2 radical (unpaired) electrons. The molecule has 1 N–H and O–H groups in total. The lowest BCUT2D eigenvalue weighted by Gasteiger charge is -2.38. The van der Waals surface area contributed by atoms with Gasteiger partial charge in [-0.15, -0.1) is 0 Å². The van der Waals surface area contributed by atoms with Crippen molar-refractivity contribution in [3.8, 4) is 0 Å². The highest BCUT2D eigenvalue weighted by Gasteiger charge is 2.31. The molecule has 2 nitrogen and oxygen atoms in total. The first-order chi connectivity index (χ1) is 10.1. The Morgan fingerprint density at radius 1 is 0.957 bits per heavy atom. The standard InChI is InChI=1S/C20H41BO2/c1-10-17(3,4)15-18(5,6)12-11-16(2)19(7,8)23-14-13-20(9,21)22/h16,22H,10-15H2,1-9H3. The molecule has 2 atom stereocenters. The van der Waals surface area contributed by atoms with E-state index in [1.54, 1.807) is 6.92 Å². The van der Waals surface area contributed by atoms with Gasteiger partial charge >= 0.3 is 0 Å². The van der Waals surface area contributed by atoms with E-state index in [1.807, 2.05) is 0 Å². The third-order valence-electron chi connectivity index (χ3n) is 5.44. The van der Waals surface area contributed by atoms with Crippen LogP contribution in [-0.4, -0.2) is 30.7 Å². The first kappa shape index (κ1) is 23.0. The normalized spacial score (nSPS) is 17.8. The second-order valence-electron chi connectivity index (χ2n) is 9.86. The molecule has 0 spiro atoms. The lowest BCUT2D eigenvalue weighted by molar-refractivity contribution is -0.0712. The zero-order valence-electron chi connectivity index (χ0n) is 17.3. The monoisotopic (exact) mass is 324 g/mol. The minimum atomic E-state index is -1.15. The molecule has 0 saturated carbocycles. The summed E-state index contributed by atoms with van der Waals surface area (Å²) in [6, 6.07) is 0. The molecular weight excluding hydrogens is 283 g/mol. The van der Waals surface area contributed by atoms with Crippen LogP contribution in [0.1, 0.15) is 94.4 Å². The van der Waals surface area contributed by atoms with Gasteiger partial charge in [-0.1, -0.05) is 48.0 Å². The topological polar surface area (TPSA) is 29.5 Å². The number of hydrogen-bond donors (Lipinski definition) is 1. The van der Waals surface area contributed by atoms with Crippen molar-refractivity contribution in [3.63, 3.8) is 0 Å². The van der Waals surface area contributed by atoms with Gasteiger partial charge in [0.1, 0.15) is 7.85 Å². The number of hydrogen-bond acceptors (Lipinski definition) is 2. The van der Waals surface area contributed by atoms with Crippen LogP contribution in [0.15, 0.2) is 0 Å². The van der Waals surface area contributed by atoms with Crippen LogP contribution in [-0.2, 0) is 4.74 Å². The maximum absolute atomic E-state index is 9.59. The fourth-order valence-electron chi connectivity index (χ4n) is 3.13. The SMILES string of the molecule is [B]C(C)(O)CCOC(C)(C)C(C)CCC(C)(C)CC(C)(C)CC. The van der Waals surface area contributed by atoms with E-state index in [0.29, 0.717) is 29.8 Å². The molecule has 0 aliphatic carbocycles. The Labute approximate surface area is 147 Å². The number of rotatable bonds is 11. The Hall–Kier alpha value is -0.0151. The summed E-state index contributed by atoms with van der Waals surface area (Å²) in [5, 5.41) is 9.59. The highest BCUT2D eigenvalue weighted by Crippen LogP contribution is 2.40. The summed E-state index contributed by atoms with van der Waals surface area (Å²) < 4.78 is 6.01. The molecule has 0 fully saturated rings. The van der Waals surface area contributed by atoms with Gasteiger partial charge in [-0.05, 0) is 63.2 Å². The van der Waals surface area contributed by atoms with E-state index in [9.17, 15) is 5.11 Å². The smallest absolute Gasteiger partial charge is 0.113 e. The molecule has 0 aromatic rings. The molecule has 0 amide bonds. The van der Waals surface area contributed by atoms with Crippen molar-refractivity contribution in [1.82, 2.24) is 0 Å². The molecule has 3 heteroatoms. The Bertz CT molecular complexity index is 340. The van der Waals surface area contributed by atoms with Crippen molar-refractivity contribution in [2.24, 2.45) is 16.7 Å².